The lowest BCUT2D eigenvalue weighted by Gasteiger charge is -2.17. The van der Waals surface area contributed by atoms with Crippen molar-refractivity contribution in [3.63, 3.8) is 0 Å². The lowest BCUT2D eigenvalue weighted by Crippen LogP contribution is -2.19. The van der Waals surface area contributed by atoms with E-state index in [0.717, 1.165) is 36.0 Å². The van der Waals surface area contributed by atoms with Crippen molar-refractivity contribution in [3.8, 4) is 17.2 Å². The number of nitrogens with zero attached hydrogens (tertiary/aromatic N) is 3. The van der Waals surface area contributed by atoms with Crippen molar-refractivity contribution in [2.24, 2.45) is 0 Å². The summed E-state index contributed by atoms with van der Waals surface area (Å²) in [5.74, 6) is 0.687. The predicted octanol–water partition coefficient (Wildman–Crippen LogP) is 6.03. The second kappa shape index (κ2) is 9.38. The summed E-state index contributed by atoms with van der Waals surface area (Å²) in [6.07, 6.45) is 2.00. The number of anilines is 2. The number of oxazole rings is 1. The maximum Gasteiger partial charge on any atom is 0.293 e. The zero-order valence-electron chi connectivity index (χ0n) is 18.8. The molecule has 1 aliphatic heterocycles. The normalized spacial score (nSPS) is 13.3. The molecule has 10 heteroatoms. The standard InChI is InChI=1S/C25H21BrN4O5/c1-34-22-8-5-16(12-18(22)26)25-28-19-14-17(6-9-23(19)35-25)27-24(31)15-4-7-20(21(13-15)30(32)33)29-10-2-3-11-29/h4-9,12-14H,2-3,10-11H2,1H3,(H,27,31). The Morgan fingerprint density at radius 3 is 2.66 bits per heavy atom. The van der Waals surface area contributed by atoms with Crippen LogP contribution in [0.5, 0.6) is 5.75 Å². The minimum atomic E-state index is -0.441. The summed E-state index contributed by atoms with van der Waals surface area (Å²) in [4.78, 5) is 30.6. The third-order valence-corrected chi connectivity index (χ3v) is 6.54. The van der Waals surface area contributed by atoms with Gasteiger partial charge in [0.2, 0.25) is 5.89 Å². The highest BCUT2D eigenvalue weighted by molar-refractivity contribution is 9.10. The number of rotatable bonds is 6. The van der Waals surface area contributed by atoms with Crippen LogP contribution in [-0.2, 0) is 0 Å². The number of hydrogen-bond donors (Lipinski definition) is 1. The van der Waals surface area contributed by atoms with Crippen LogP contribution in [0.1, 0.15) is 23.2 Å². The Morgan fingerprint density at radius 2 is 1.94 bits per heavy atom. The molecule has 178 valence electrons. The molecule has 1 saturated heterocycles. The molecule has 5 rings (SSSR count). The highest BCUT2D eigenvalue weighted by Gasteiger charge is 2.24. The molecule has 1 aliphatic rings. The first-order chi connectivity index (χ1) is 16.9. The molecule has 2 heterocycles. The molecule has 0 radical (unpaired) electrons. The van der Waals surface area contributed by atoms with Gasteiger partial charge in [-0.25, -0.2) is 4.98 Å². The Hall–Kier alpha value is -3.92. The highest BCUT2D eigenvalue weighted by atomic mass is 79.9. The molecule has 1 N–H and O–H groups in total. The van der Waals surface area contributed by atoms with Gasteiger partial charge in [0.1, 0.15) is 17.0 Å². The molecular weight excluding hydrogens is 516 g/mol. The average molecular weight is 537 g/mol. The van der Waals surface area contributed by atoms with Gasteiger partial charge in [0.05, 0.1) is 16.5 Å². The smallest absolute Gasteiger partial charge is 0.293 e. The Balaban J connectivity index is 1.38. The number of halogens is 1. The van der Waals surface area contributed by atoms with Gasteiger partial charge in [-0.15, -0.1) is 0 Å². The maximum absolute atomic E-state index is 12.9. The molecule has 3 aromatic carbocycles. The van der Waals surface area contributed by atoms with E-state index in [9.17, 15) is 14.9 Å². The lowest BCUT2D eigenvalue weighted by molar-refractivity contribution is -0.384. The molecule has 0 saturated carbocycles. The number of fused-ring (bicyclic) bond motifs is 1. The van der Waals surface area contributed by atoms with Crippen molar-refractivity contribution in [1.29, 1.82) is 0 Å². The quantitative estimate of drug-likeness (QED) is 0.236. The topological polar surface area (TPSA) is 111 Å². The monoisotopic (exact) mass is 536 g/mol. The number of carbonyl (C=O) groups is 1. The van der Waals surface area contributed by atoms with Crippen LogP contribution < -0.4 is 15.0 Å². The summed E-state index contributed by atoms with van der Waals surface area (Å²) in [5.41, 5.74) is 3.10. The van der Waals surface area contributed by atoms with Crippen molar-refractivity contribution in [1.82, 2.24) is 4.98 Å². The molecule has 1 fully saturated rings. The van der Waals surface area contributed by atoms with Crippen molar-refractivity contribution in [2.45, 2.75) is 12.8 Å². The van der Waals surface area contributed by atoms with Gasteiger partial charge in [-0.05, 0) is 77.3 Å². The summed E-state index contributed by atoms with van der Waals surface area (Å²) >= 11 is 3.46. The molecular formula is C25H21BrN4O5. The summed E-state index contributed by atoms with van der Waals surface area (Å²) in [6, 6.07) is 15.2. The van der Waals surface area contributed by atoms with E-state index in [-0.39, 0.29) is 11.3 Å². The molecule has 0 bridgehead atoms. The van der Waals surface area contributed by atoms with E-state index in [1.165, 1.54) is 6.07 Å². The Kier molecular flexibility index (Phi) is 6.12. The van der Waals surface area contributed by atoms with Gasteiger partial charge in [-0.1, -0.05) is 0 Å². The van der Waals surface area contributed by atoms with E-state index in [0.29, 0.717) is 34.1 Å². The Morgan fingerprint density at radius 1 is 1.14 bits per heavy atom. The van der Waals surface area contributed by atoms with Gasteiger partial charge in [0.15, 0.2) is 5.58 Å². The average Bonchev–Trinajstić information content (AvgIpc) is 3.53. The minimum absolute atomic E-state index is 0.0678. The second-order valence-electron chi connectivity index (χ2n) is 8.16. The van der Waals surface area contributed by atoms with Gasteiger partial charge in [0.25, 0.3) is 11.6 Å². The highest BCUT2D eigenvalue weighted by Crippen LogP contribution is 2.33. The molecule has 4 aromatic rings. The van der Waals surface area contributed by atoms with E-state index in [1.807, 2.05) is 23.1 Å². The Labute approximate surface area is 209 Å². The zero-order valence-corrected chi connectivity index (χ0v) is 20.4. The van der Waals surface area contributed by atoms with E-state index in [4.69, 9.17) is 9.15 Å². The van der Waals surface area contributed by atoms with E-state index in [1.54, 1.807) is 37.4 Å². The molecule has 1 amide bonds. The van der Waals surface area contributed by atoms with Crippen LogP contribution in [0.25, 0.3) is 22.6 Å². The number of ether oxygens (including phenoxy) is 1. The number of hydrogen-bond acceptors (Lipinski definition) is 7. The zero-order chi connectivity index (χ0) is 24.5. The maximum atomic E-state index is 12.9. The predicted molar refractivity (Wildman–Crippen MR) is 136 cm³/mol. The third-order valence-electron chi connectivity index (χ3n) is 5.93. The van der Waals surface area contributed by atoms with Crippen LogP contribution in [-0.4, -0.2) is 36.0 Å². The van der Waals surface area contributed by atoms with Gasteiger partial charge >= 0.3 is 0 Å². The van der Waals surface area contributed by atoms with Crippen LogP contribution in [0.2, 0.25) is 0 Å². The SMILES string of the molecule is COc1ccc(-c2nc3cc(NC(=O)c4ccc(N5CCCC5)c([N+](=O)[O-])c4)ccc3o2)cc1Br. The minimum Gasteiger partial charge on any atom is -0.496 e. The van der Waals surface area contributed by atoms with Crippen LogP contribution in [0.4, 0.5) is 17.1 Å². The number of carbonyl (C=O) groups excluding carboxylic acids is 1. The number of benzene rings is 3. The van der Waals surface area contributed by atoms with Crippen molar-refractivity contribution in [3.05, 3.63) is 74.7 Å². The van der Waals surface area contributed by atoms with Gasteiger partial charge in [0, 0.05) is 36.0 Å². The van der Waals surface area contributed by atoms with Crippen LogP contribution >= 0.6 is 15.9 Å². The van der Waals surface area contributed by atoms with Crippen molar-refractivity contribution in [2.75, 3.05) is 30.4 Å². The van der Waals surface area contributed by atoms with Crippen LogP contribution in [0, 0.1) is 10.1 Å². The fourth-order valence-electron chi connectivity index (χ4n) is 4.17. The van der Waals surface area contributed by atoms with Crippen LogP contribution in [0.3, 0.4) is 0 Å². The summed E-state index contributed by atoms with van der Waals surface area (Å²) < 4.78 is 11.9. The summed E-state index contributed by atoms with van der Waals surface area (Å²) in [7, 11) is 1.59. The largest absolute Gasteiger partial charge is 0.496 e. The molecule has 0 atom stereocenters. The van der Waals surface area contributed by atoms with Crippen molar-refractivity contribution >= 4 is 50.0 Å². The first-order valence-electron chi connectivity index (χ1n) is 11.0. The summed E-state index contributed by atoms with van der Waals surface area (Å²) in [6.45, 7) is 1.55. The fourth-order valence-corrected chi connectivity index (χ4v) is 4.71. The number of methoxy groups -OCH3 is 1. The lowest BCUT2D eigenvalue weighted by atomic mass is 10.1. The number of amides is 1. The fraction of sp³-hybridized carbons (Fsp3) is 0.200. The molecule has 0 spiro atoms. The third kappa shape index (κ3) is 4.57. The van der Waals surface area contributed by atoms with E-state index >= 15 is 0 Å². The summed E-state index contributed by atoms with van der Waals surface area (Å²) in [5, 5.41) is 14.5. The van der Waals surface area contributed by atoms with Crippen molar-refractivity contribution < 1.29 is 18.9 Å². The van der Waals surface area contributed by atoms with E-state index in [2.05, 4.69) is 26.2 Å². The Bertz CT molecular complexity index is 1450. The van der Waals surface area contributed by atoms with Gasteiger partial charge < -0.3 is 19.4 Å². The second-order valence-corrected chi connectivity index (χ2v) is 9.01. The first-order valence-corrected chi connectivity index (χ1v) is 11.8. The molecule has 35 heavy (non-hydrogen) atoms. The molecule has 1 aromatic heterocycles. The molecule has 0 unspecified atom stereocenters. The number of aromatic nitrogens is 1. The van der Waals surface area contributed by atoms with Gasteiger partial charge in [-0.3, -0.25) is 14.9 Å². The molecule has 0 aliphatic carbocycles. The number of nitro groups is 1. The van der Waals surface area contributed by atoms with Crippen LogP contribution in [0.15, 0.2) is 63.5 Å². The van der Waals surface area contributed by atoms with E-state index < -0.39 is 10.8 Å². The van der Waals surface area contributed by atoms with Gasteiger partial charge in [-0.2, -0.15) is 0 Å². The molecule has 9 nitrogen and oxygen atoms in total. The number of nitro benzene ring substituents is 1. The first kappa shape index (κ1) is 22.9. The number of nitrogens with one attached hydrogen (secondary N) is 1.